The van der Waals surface area contributed by atoms with Crippen molar-refractivity contribution >= 4 is 46.6 Å². The van der Waals surface area contributed by atoms with E-state index in [0.717, 1.165) is 8.47 Å². The summed E-state index contributed by atoms with van der Waals surface area (Å²) in [5, 5.41) is 2.58. The van der Waals surface area contributed by atoms with Crippen LogP contribution in [0, 0.1) is 3.57 Å². The lowest BCUT2D eigenvalue weighted by molar-refractivity contribution is -0.123. The van der Waals surface area contributed by atoms with Gasteiger partial charge < -0.3 is 23.9 Å². The van der Waals surface area contributed by atoms with Gasteiger partial charge in [-0.15, -0.1) is 0 Å². The van der Waals surface area contributed by atoms with Crippen LogP contribution in [0.15, 0.2) is 34.4 Å². The second kappa shape index (κ2) is 9.86. The molecule has 1 saturated heterocycles. The number of carbonyl (C=O) groups excluding carboxylic acids is 3. The number of ether oxygens (including phenoxy) is 3. The zero-order chi connectivity index (χ0) is 24.3. The summed E-state index contributed by atoms with van der Waals surface area (Å²) in [5.74, 6) is 0.278. The molecule has 9 nitrogen and oxygen atoms in total. The van der Waals surface area contributed by atoms with Crippen molar-refractivity contribution in [2.45, 2.75) is 39.8 Å². The highest BCUT2D eigenvalue weighted by atomic mass is 127. The van der Waals surface area contributed by atoms with Crippen molar-refractivity contribution in [2.24, 2.45) is 0 Å². The summed E-state index contributed by atoms with van der Waals surface area (Å²) in [5.41, 5.74) is 0.365. The number of halogens is 1. The van der Waals surface area contributed by atoms with E-state index in [1.807, 2.05) is 33.8 Å². The number of nitrogens with zero attached hydrogens (tertiary/aromatic N) is 1. The van der Waals surface area contributed by atoms with Gasteiger partial charge in [0.1, 0.15) is 17.1 Å². The second-order valence-electron chi connectivity index (χ2n) is 8.11. The van der Waals surface area contributed by atoms with Crippen molar-refractivity contribution in [1.29, 1.82) is 0 Å². The average Bonchev–Trinajstić information content (AvgIpc) is 3.30. The second-order valence-corrected chi connectivity index (χ2v) is 9.28. The molecule has 0 unspecified atom stereocenters. The van der Waals surface area contributed by atoms with Crippen molar-refractivity contribution in [3.05, 3.63) is 50.6 Å². The van der Waals surface area contributed by atoms with Crippen LogP contribution in [0.3, 0.4) is 0 Å². The summed E-state index contributed by atoms with van der Waals surface area (Å²) in [6.45, 7) is 8.03. The molecule has 1 aromatic carbocycles. The Hall–Kier alpha value is -3.02. The molecule has 0 aliphatic carbocycles. The number of hydrogen-bond donors (Lipinski definition) is 1. The molecule has 1 aromatic heterocycles. The smallest absolute Gasteiger partial charge is 0.373 e. The fraction of sp³-hybridized carbons (Fsp3) is 0.348. The minimum absolute atomic E-state index is 0.00841. The van der Waals surface area contributed by atoms with Crippen molar-refractivity contribution in [3.8, 4) is 11.5 Å². The molecular weight excluding hydrogens is 543 g/mol. The summed E-state index contributed by atoms with van der Waals surface area (Å²) in [7, 11) is 1.24. The first-order valence-electron chi connectivity index (χ1n) is 10.2. The van der Waals surface area contributed by atoms with Gasteiger partial charge in [-0.2, -0.15) is 0 Å². The topological polar surface area (TPSA) is 107 Å². The summed E-state index contributed by atoms with van der Waals surface area (Å²) in [6.07, 6.45) is 1.58. The third-order valence-electron chi connectivity index (χ3n) is 4.38. The highest BCUT2D eigenvalue weighted by Crippen LogP contribution is 2.37. The monoisotopic (exact) mass is 568 g/mol. The van der Waals surface area contributed by atoms with Crippen molar-refractivity contribution < 1.29 is 33.0 Å². The molecule has 0 radical (unpaired) electrons. The summed E-state index contributed by atoms with van der Waals surface area (Å²) in [6, 6.07) is 5.95. The van der Waals surface area contributed by atoms with Gasteiger partial charge in [-0.3, -0.25) is 9.69 Å². The number of furan rings is 1. The molecule has 0 bridgehead atoms. The highest BCUT2D eigenvalue weighted by molar-refractivity contribution is 14.1. The number of urea groups is 1. The van der Waals surface area contributed by atoms with Gasteiger partial charge in [-0.25, -0.2) is 9.59 Å². The number of methoxy groups -OCH3 is 1. The highest BCUT2D eigenvalue weighted by Gasteiger charge is 2.34. The Morgan fingerprint density at radius 2 is 1.97 bits per heavy atom. The van der Waals surface area contributed by atoms with Crippen LogP contribution in [-0.4, -0.2) is 42.1 Å². The van der Waals surface area contributed by atoms with E-state index < -0.39 is 23.5 Å². The van der Waals surface area contributed by atoms with E-state index in [1.54, 1.807) is 12.1 Å². The predicted molar refractivity (Wildman–Crippen MR) is 128 cm³/mol. The number of hydrogen-bond acceptors (Lipinski definition) is 7. The van der Waals surface area contributed by atoms with E-state index >= 15 is 0 Å². The molecule has 1 fully saturated rings. The van der Waals surface area contributed by atoms with E-state index in [9.17, 15) is 14.4 Å². The first-order valence-corrected chi connectivity index (χ1v) is 11.3. The van der Waals surface area contributed by atoms with Gasteiger partial charge in [0.25, 0.3) is 5.91 Å². The zero-order valence-electron chi connectivity index (χ0n) is 19.0. The number of amides is 3. The molecule has 1 N–H and O–H groups in total. The minimum Gasteiger partial charge on any atom is -0.490 e. The van der Waals surface area contributed by atoms with E-state index in [0.29, 0.717) is 23.7 Å². The standard InChI is InChI=1S/C23H25IN2O7/c1-6-31-18-11-13(9-15(24)19(18)33-23(2,3)4)10-16-20(27)26(22(29)25-16)12-14-7-8-17(32-14)21(28)30-5/h7-11H,6,12H2,1-5H3,(H,25,29)/b16-10-. The first kappa shape index (κ1) is 24.6. The number of esters is 1. The third kappa shape index (κ3) is 5.86. The van der Waals surface area contributed by atoms with Gasteiger partial charge >= 0.3 is 12.0 Å². The van der Waals surface area contributed by atoms with Gasteiger partial charge in [-0.1, -0.05) is 0 Å². The number of carbonyl (C=O) groups is 3. The molecule has 1 aliphatic rings. The van der Waals surface area contributed by atoms with Gasteiger partial charge in [0, 0.05) is 0 Å². The average molecular weight is 568 g/mol. The van der Waals surface area contributed by atoms with E-state index in [-0.39, 0.29) is 23.8 Å². The Balaban J connectivity index is 1.85. The van der Waals surface area contributed by atoms with Crippen LogP contribution in [0.5, 0.6) is 11.5 Å². The summed E-state index contributed by atoms with van der Waals surface area (Å²) < 4.78 is 22.6. The van der Waals surface area contributed by atoms with E-state index in [1.165, 1.54) is 19.2 Å². The van der Waals surface area contributed by atoms with Crippen molar-refractivity contribution in [2.75, 3.05) is 13.7 Å². The lowest BCUT2D eigenvalue weighted by Crippen LogP contribution is -2.30. The Bertz CT molecular complexity index is 1110. The Morgan fingerprint density at radius 3 is 2.61 bits per heavy atom. The molecule has 3 rings (SSSR count). The van der Waals surface area contributed by atoms with Crippen LogP contribution < -0.4 is 14.8 Å². The number of imide groups is 1. The third-order valence-corrected chi connectivity index (χ3v) is 5.18. The molecule has 1 aliphatic heterocycles. The molecule has 3 amide bonds. The van der Waals surface area contributed by atoms with Crippen LogP contribution in [0.4, 0.5) is 4.79 Å². The number of nitrogens with one attached hydrogen (secondary N) is 1. The van der Waals surface area contributed by atoms with Crippen LogP contribution in [0.1, 0.15) is 49.6 Å². The van der Waals surface area contributed by atoms with Crippen molar-refractivity contribution in [3.63, 3.8) is 0 Å². The molecule has 0 atom stereocenters. The lowest BCUT2D eigenvalue weighted by Gasteiger charge is -2.24. The maximum Gasteiger partial charge on any atom is 0.373 e. The number of benzene rings is 1. The Labute approximate surface area is 205 Å². The molecule has 2 aromatic rings. The fourth-order valence-electron chi connectivity index (χ4n) is 3.05. The van der Waals surface area contributed by atoms with E-state index in [4.69, 9.17) is 13.9 Å². The van der Waals surface area contributed by atoms with Crippen LogP contribution in [0.2, 0.25) is 0 Å². The molecule has 2 heterocycles. The van der Waals surface area contributed by atoms with Crippen LogP contribution >= 0.6 is 22.6 Å². The minimum atomic E-state index is -0.641. The predicted octanol–water partition coefficient (Wildman–Crippen LogP) is 4.34. The summed E-state index contributed by atoms with van der Waals surface area (Å²) >= 11 is 2.15. The maximum atomic E-state index is 12.9. The molecule has 33 heavy (non-hydrogen) atoms. The summed E-state index contributed by atoms with van der Waals surface area (Å²) in [4.78, 5) is 37.8. The quantitative estimate of drug-likeness (QED) is 0.229. The molecular formula is C23H25IN2O7. The van der Waals surface area contributed by atoms with Gasteiger partial charge in [0.05, 0.1) is 23.8 Å². The van der Waals surface area contributed by atoms with Gasteiger partial charge in [0.15, 0.2) is 11.5 Å². The van der Waals surface area contributed by atoms with Crippen LogP contribution in [-0.2, 0) is 16.1 Å². The largest absolute Gasteiger partial charge is 0.490 e. The molecule has 10 heteroatoms. The van der Waals surface area contributed by atoms with Crippen LogP contribution in [0.25, 0.3) is 6.08 Å². The fourth-order valence-corrected chi connectivity index (χ4v) is 3.79. The molecule has 0 spiro atoms. The van der Waals surface area contributed by atoms with Crippen molar-refractivity contribution in [1.82, 2.24) is 10.2 Å². The number of rotatable bonds is 7. The van der Waals surface area contributed by atoms with E-state index in [2.05, 4.69) is 32.6 Å². The Morgan fingerprint density at radius 1 is 1.24 bits per heavy atom. The Kier molecular flexibility index (Phi) is 7.35. The first-order chi connectivity index (χ1) is 15.5. The maximum absolute atomic E-state index is 12.9. The molecule has 0 saturated carbocycles. The SMILES string of the molecule is CCOc1cc(/C=C2\NC(=O)N(Cc3ccc(C(=O)OC)o3)C2=O)cc(I)c1OC(C)(C)C. The van der Waals surface area contributed by atoms with Gasteiger partial charge in [0.2, 0.25) is 5.76 Å². The molecule has 176 valence electrons. The normalized spacial score (nSPS) is 15.1. The lowest BCUT2D eigenvalue weighted by atomic mass is 10.1. The zero-order valence-corrected chi connectivity index (χ0v) is 21.1. The van der Waals surface area contributed by atoms with Gasteiger partial charge in [-0.05, 0) is 86.2 Å².